The molecule has 0 N–H and O–H groups in total. The molecule has 1 unspecified atom stereocenters. The van der Waals surface area contributed by atoms with E-state index in [9.17, 15) is 13.2 Å². The molecule has 1 aliphatic rings. The van der Waals surface area contributed by atoms with Crippen LogP contribution in [0.25, 0.3) is 0 Å². The summed E-state index contributed by atoms with van der Waals surface area (Å²) in [4.78, 5) is 16.9. The predicted octanol–water partition coefficient (Wildman–Crippen LogP) is 5.25. The van der Waals surface area contributed by atoms with Crippen LogP contribution >= 0.6 is 22.9 Å². The lowest BCUT2D eigenvalue weighted by molar-refractivity contribution is -0.135. The zero-order valence-corrected chi connectivity index (χ0v) is 24.2. The number of carbonyl (C=O) groups is 1. The van der Waals surface area contributed by atoms with Crippen molar-refractivity contribution >= 4 is 38.9 Å². The van der Waals surface area contributed by atoms with E-state index >= 15 is 0 Å². The first-order valence-electron chi connectivity index (χ1n) is 12.5. The Morgan fingerprint density at radius 2 is 1.92 bits per heavy atom. The largest absolute Gasteiger partial charge is 0.491 e. The van der Waals surface area contributed by atoms with Crippen LogP contribution in [0.5, 0.6) is 5.75 Å². The zero-order valence-electron chi connectivity index (χ0n) is 21.9. The third-order valence-corrected chi connectivity index (χ3v) is 9.96. The Morgan fingerprint density at radius 1 is 1.16 bits per heavy atom. The van der Waals surface area contributed by atoms with E-state index in [1.165, 1.54) is 9.18 Å². The predicted molar refractivity (Wildman–Crippen MR) is 151 cm³/mol. The third-order valence-electron chi connectivity index (χ3n) is 6.68. The Labute approximate surface area is 234 Å². The normalized spacial score (nSPS) is 15.5. The number of ether oxygens (including phenoxy) is 2. The highest BCUT2D eigenvalue weighted by molar-refractivity contribution is 7.89. The summed E-state index contributed by atoms with van der Waals surface area (Å²) in [7, 11) is -2.30. The number of hydrogen-bond acceptors (Lipinski definition) is 6. The second-order valence-corrected chi connectivity index (χ2v) is 12.7. The van der Waals surface area contributed by atoms with Crippen LogP contribution in [0, 0.1) is 13.8 Å². The maximum atomic E-state index is 13.7. The Hall–Kier alpha value is -2.43. The summed E-state index contributed by atoms with van der Waals surface area (Å²) >= 11 is 7.83. The lowest BCUT2D eigenvalue weighted by Crippen LogP contribution is -2.48. The van der Waals surface area contributed by atoms with Crippen LogP contribution in [0.2, 0.25) is 5.02 Å². The first-order valence-corrected chi connectivity index (χ1v) is 15.2. The second kappa shape index (κ2) is 12.6. The van der Waals surface area contributed by atoms with Crippen LogP contribution in [0.1, 0.15) is 34.0 Å². The number of methoxy groups -OCH3 is 1. The van der Waals surface area contributed by atoms with Gasteiger partial charge in [0.15, 0.2) is 0 Å². The van der Waals surface area contributed by atoms with Gasteiger partial charge in [-0.25, -0.2) is 8.42 Å². The van der Waals surface area contributed by atoms with Gasteiger partial charge in [-0.15, -0.1) is 11.3 Å². The Morgan fingerprint density at radius 3 is 2.63 bits per heavy atom. The van der Waals surface area contributed by atoms with Crippen molar-refractivity contribution in [2.24, 2.45) is 0 Å². The van der Waals surface area contributed by atoms with Crippen molar-refractivity contribution in [2.75, 3.05) is 40.0 Å². The van der Waals surface area contributed by atoms with E-state index in [0.29, 0.717) is 30.3 Å². The third kappa shape index (κ3) is 6.58. The Bertz CT molecular complexity index is 1360. The smallest absolute Gasteiger partial charge is 0.243 e. The van der Waals surface area contributed by atoms with E-state index in [-0.39, 0.29) is 36.5 Å². The van der Waals surface area contributed by atoms with Gasteiger partial charge >= 0.3 is 0 Å². The Balaban J connectivity index is 1.56. The van der Waals surface area contributed by atoms with E-state index in [0.717, 1.165) is 23.1 Å². The lowest BCUT2D eigenvalue weighted by Gasteiger charge is -2.37. The van der Waals surface area contributed by atoms with Crippen LogP contribution in [-0.2, 0) is 26.0 Å². The quantitative estimate of drug-likeness (QED) is 0.291. The van der Waals surface area contributed by atoms with Crippen molar-refractivity contribution in [3.8, 4) is 5.75 Å². The number of carbonyl (C=O) groups excluding carboxylic acids is 1. The summed E-state index contributed by atoms with van der Waals surface area (Å²) in [5.41, 5.74) is 2.92. The number of nitrogens with zero attached hydrogens (tertiary/aromatic N) is 2. The molecule has 0 spiro atoms. The fraction of sp³-hybridized carbons (Fsp3) is 0.393. The van der Waals surface area contributed by atoms with Gasteiger partial charge in [-0.05, 0) is 79.6 Å². The number of thiophene rings is 1. The SMILES string of the molecule is COCCCN(CC(=O)N1CCc2sccc2C1COc1ccc(Cl)c(C)c1)S(=O)(=O)c1ccc(C)cc1. The van der Waals surface area contributed by atoms with E-state index in [2.05, 4.69) is 0 Å². The molecule has 0 saturated carbocycles. The number of halogens is 1. The number of fused-ring (bicyclic) bond motifs is 1. The highest BCUT2D eigenvalue weighted by atomic mass is 35.5. The van der Waals surface area contributed by atoms with Crippen LogP contribution in [0.4, 0.5) is 0 Å². The van der Waals surface area contributed by atoms with Gasteiger partial charge in [-0.3, -0.25) is 4.79 Å². The highest BCUT2D eigenvalue weighted by Crippen LogP contribution is 2.34. The standard InChI is InChI=1S/C28H33ClN2O5S2/c1-20-5-8-23(9-6-20)38(33,34)30(13-4-15-35-3)18-28(32)31-14-11-27-24(12-16-37-27)26(31)19-36-22-7-10-25(29)21(2)17-22/h5-10,12,16-17,26H,4,11,13-15,18-19H2,1-3H3. The number of amides is 1. The summed E-state index contributed by atoms with van der Waals surface area (Å²) in [6.45, 7) is 4.89. The van der Waals surface area contributed by atoms with Gasteiger partial charge in [-0.1, -0.05) is 29.3 Å². The number of aryl methyl sites for hydroxylation is 2. The molecular formula is C28H33ClN2O5S2. The van der Waals surface area contributed by atoms with Crippen molar-refractivity contribution in [3.05, 3.63) is 80.5 Å². The monoisotopic (exact) mass is 576 g/mol. The molecule has 2 heterocycles. The number of sulfonamides is 1. The molecule has 7 nitrogen and oxygen atoms in total. The van der Waals surface area contributed by atoms with Crippen molar-refractivity contribution in [2.45, 2.75) is 37.6 Å². The van der Waals surface area contributed by atoms with Gasteiger partial charge in [0.25, 0.3) is 0 Å². The van der Waals surface area contributed by atoms with Crippen LogP contribution in [-0.4, -0.2) is 63.5 Å². The second-order valence-electron chi connectivity index (χ2n) is 9.37. The van der Waals surface area contributed by atoms with Gasteiger partial charge < -0.3 is 14.4 Å². The molecule has 38 heavy (non-hydrogen) atoms. The molecule has 1 aliphatic heterocycles. The summed E-state index contributed by atoms with van der Waals surface area (Å²) in [6, 6.07) is 13.9. The molecule has 1 atom stereocenters. The minimum atomic E-state index is -3.87. The van der Waals surface area contributed by atoms with E-state index < -0.39 is 10.0 Å². The number of rotatable bonds is 11. The topological polar surface area (TPSA) is 76.2 Å². The number of hydrogen-bond donors (Lipinski definition) is 0. The van der Waals surface area contributed by atoms with Crippen molar-refractivity contribution < 1.29 is 22.7 Å². The van der Waals surface area contributed by atoms with Gasteiger partial charge in [0.05, 0.1) is 17.5 Å². The molecule has 0 fully saturated rings. The molecule has 0 saturated heterocycles. The van der Waals surface area contributed by atoms with Crippen molar-refractivity contribution in [3.63, 3.8) is 0 Å². The molecule has 2 aromatic carbocycles. The molecule has 4 rings (SSSR count). The maximum Gasteiger partial charge on any atom is 0.243 e. The van der Waals surface area contributed by atoms with Crippen LogP contribution < -0.4 is 4.74 Å². The first kappa shape index (κ1) is 28.6. The molecule has 1 amide bonds. The molecular weight excluding hydrogens is 544 g/mol. The summed E-state index contributed by atoms with van der Waals surface area (Å²) < 4.78 is 39.6. The summed E-state index contributed by atoms with van der Waals surface area (Å²) in [6.07, 6.45) is 1.20. The number of benzene rings is 2. The molecule has 10 heteroatoms. The fourth-order valence-corrected chi connectivity index (χ4v) is 7.00. The molecule has 0 bridgehead atoms. The summed E-state index contributed by atoms with van der Waals surface area (Å²) in [5.74, 6) is 0.417. The van der Waals surface area contributed by atoms with Gasteiger partial charge in [0.2, 0.25) is 15.9 Å². The Kier molecular flexibility index (Phi) is 9.49. The van der Waals surface area contributed by atoms with E-state index in [4.69, 9.17) is 21.1 Å². The minimum Gasteiger partial charge on any atom is -0.491 e. The van der Waals surface area contributed by atoms with E-state index in [1.54, 1.807) is 53.7 Å². The molecule has 0 radical (unpaired) electrons. The first-order chi connectivity index (χ1) is 18.2. The zero-order chi connectivity index (χ0) is 27.3. The lowest BCUT2D eigenvalue weighted by atomic mass is 10.0. The van der Waals surface area contributed by atoms with Gasteiger partial charge in [-0.2, -0.15) is 4.31 Å². The molecule has 0 aliphatic carbocycles. The van der Waals surface area contributed by atoms with Crippen molar-refractivity contribution in [1.82, 2.24) is 9.21 Å². The fourth-order valence-electron chi connectivity index (χ4n) is 4.53. The molecule has 204 valence electrons. The molecule has 1 aromatic heterocycles. The van der Waals surface area contributed by atoms with Crippen molar-refractivity contribution in [1.29, 1.82) is 0 Å². The minimum absolute atomic E-state index is 0.171. The van der Waals surface area contributed by atoms with E-state index in [1.807, 2.05) is 37.4 Å². The summed E-state index contributed by atoms with van der Waals surface area (Å²) in [5, 5.41) is 2.69. The average Bonchev–Trinajstić information content (AvgIpc) is 3.38. The highest BCUT2D eigenvalue weighted by Gasteiger charge is 2.35. The average molecular weight is 577 g/mol. The van der Waals surface area contributed by atoms with Crippen LogP contribution in [0.15, 0.2) is 58.8 Å². The van der Waals surface area contributed by atoms with Crippen LogP contribution in [0.3, 0.4) is 0 Å². The maximum absolute atomic E-state index is 13.7. The van der Waals surface area contributed by atoms with Gasteiger partial charge in [0, 0.05) is 36.7 Å². The molecule has 3 aromatic rings. The van der Waals surface area contributed by atoms with Gasteiger partial charge in [0.1, 0.15) is 12.4 Å².